The lowest BCUT2D eigenvalue weighted by molar-refractivity contribution is -0.121. The molecular weight excluding hydrogens is 318 g/mol. The first-order valence-corrected chi connectivity index (χ1v) is 7.98. The Labute approximate surface area is 140 Å². The van der Waals surface area contributed by atoms with Crippen molar-refractivity contribution in [1.82, 2.24) is 5.43 Å². The van der Waals surface area contributed by atoms with E-state index in [2.05, 4.69) is 15.8 Å². The summed E-state index contributed by atoms with van der Waals surface area (Å²) >= 11 is 5.89. The number of hydrogen-bond donors (Lipinski definition) is 2. The van der Waals surface area contributed by atoms with Crippen molar-refractivity contribution >= 4 is 35.0 Å². The van der Waals surface area contributed by atoms with Crippen LogP contribution >= 0.6 is 11.6 Å². The van der Waals surface area contributed by atoms with Crippen LogP contribution in [0.2, 0.25) is 0 Å². The maximum absolute atomic E-state index is 11.6. The molecule has 0 aromatic heterocycles. The molecule has 0 saturated heterocycles. The number of hydrogen-bond acceptors (Lipinski definition) is 4. The zero-order chi connectivity index (χ0) is 16.8. The van der Waals surface area contributed by atoms with Crippen LogP contribution in [-0.4, -0.2) is 29.7 Å². The van der Waals surface area contributed by atoms with Crippen LogP contribution in [0.25, 0.3) is 0 Å². The van der Waals surface area contributed by atoms with Gasteiger partial charge in [0, 0.05) is 18.0 Å². The second-order valence-electron chi connectivity index (χ2n) is 5.44. The van der Waals surface area contributed by atoms with Crippen molar-refractivity contribution in [2.75, 3.05) is 11.9 Å². The number of carbonyl (C=O) groups is 2. The average Bonchev–Trinajstić information content (AvgIpc) is 2.53. The molecule has 1 aromatic carbocycles. The molecule has 0 fully saturated rings. The molecule has 0 saturated carbocycles. The van der Waals surface area contributed by atoms with Gasteiger partial charge in [-0.2, -0.15) is 5.10 Å². The third kappa shape index (κ3) is 4.96. The molecule has 1 aromatic rings. The molecule has 124 valence electrons. The molecule has 0 bridgehead atoms. The van der Waals surface area contributed by atoms with Crippen LogP contribution in [0.15, 0.2) is 29.4 Å². The second-order valence-corrected chi connectivity index (χ2v) is 6.06. The Kier molecular flexibility index (Phi) is 5.98. The molecule has 1 heterocycles. The van der Waals surface area contributed by atoms with Crippen LogP contribution in [0, 0.1) is 5.92 Å². The van der Waals surface area contributed by atoms with Crippen molar-refractivity contribution in [1.29, 1.82) is 0 Å². The van der Waals surface area contributed by atoms with Crippen LogP contribution in [0.3, 0.4) is 0 Å². The van der Waals surface area contributed by atoms with Gasteiger partial charge in [0.15, 0.2) is 0 Å². The fourth-order valence-corrected chi connectivity index (χ4v) is 2.23. The zero-order valence-corrected chi connectivity index (χ0v) is 13.9. The van der Waals surface area contributed by atoms with E-state index in [1.165, 1.54) is 0 Å². The number of nitrogens with zero attached hydrogens (tertiary/aromatic N) is 1. The summed E-state index contributed by atoms with van der Waals surface area (Å²) in [6.07, 6.45) is 0.621. The van der Waals surface area contributed by atoms with Crippen molar-refractivity contribution < 1.29 is 14.3 Å². The highest BCUT2D eigenvalue weighted by molar-refractivity contribution is 6.20. The third-order valence-electron chi connectivity index (χ3n) is 3.52. The van der Waals surface area contributed by atoms with Gasteiger partial charge in [-0.05, 0) is 24.1 Å². The Bertz CT molecular complexity index is 601. The van der Waals surface area contributed by atoms with Crippen molar-refractivity contribution in [2.45, 2.75) is 32.1 Å². The lowest BCUT2D eigenvalue weighted by Crippen LogP contribution is -2.31. The first-order chi connectivity index (χ1) is 11.0. The molecule has 7 heteroatoms. The summed E-state index contributed by atoms with van der Waals surface area (Å²) in [6.45, 7) is 4.06. The molecule has 6 nitrogen and oxygen atoms in total. The van der Waals surface area contributed by atoms with Gasteiger partial charge in [-0.1, -0.05) is 26.0 Å². The Morgan fingerprint density at radius 1 is 1.48 bits per heavy atom. The van der Waals surface area contributed by atoms with Crippen LogP contribution in [0.1, 0.15) is 32.3 Å². The standard InChI is InChI=1S/C16H20ClN3O3/c1-3-12(17)9-23-16(22)18-13-6-4-11(5-7-13)15-10(2)8-14(21)19-20-15/h4-7,10,12H,3,8-9H2,1-2H3,(H,18,22)(H,19,21). The summed E-state index contributed by atoms with van der Waals surface area (Å²) in [4.78, 5) is 22.9. The van der Waals surface area contributed by atoms with E-state index in [4.69, 9.17) is 16.3 Å². The van der Waals surface area contributed by atoms with Crippen LogP contribution in [0.5, 0.6) is 0 Å². The predicted octanol–water partition coefficient (Wildman–Crippen LogP) is 3.11. The van der Waals surface area contributed by atoms with Crippen molar-refractivity contribution in [3.8, 4) is 0 Å². The van der Waals surface area contributed by atoms with Crippen LogP contribution < -0.4 is 10.7 Å². The summed E-state index contributed by atoms with van der Waals surface area (Å²) in [6, 6.07) is 7.22. The molecule has 2 rings (SSSR count). The number of benzene rings is 1. The quantitative estimate of drug-likeness (QED) is 0.810. The van der Waals surface area contributed by atoms with Gasteiger partial charge in [-0.25, -0.2) is 10.2 Å². The SMILES string of the molecule is CCC(Cl)COC(=O)Nc1ccc(C2=NNC(=O)CC2C)cc1. The van der Waals surface area contributed by atoms with Crippen molar-refractivity contribution in [3.05, 3.63) is 29.8 Å². The Morgan fingerprint density at radius 2 is 2.17 bits per heavy atom. The highest BCUT2D eigenvalue weighted by atomic mass is 35.5. The molecule has 2 atom stereocenters. The van der Waals surface area contributed by atoms with Crippen LogP contribution in [-0.2, 0) is 9.53 Å². The summed E-state index contributed by atoms with van der Waals surface area (Å²) in [5.74, 6) is -0.0193. The van der Waals surface area contributed by atoms with Gasteiger partial charge in [0.2, 0.25) is 5.91 Å². The number of alkyl halides is 1. The number of hydrazone groups is 1. The number of carbonyl (C=O) groups excluding carboxylic acids is 2. The highest BCUT2D eigenvalue weighted by Crippen LogP contribution is 2.18. The molecule has 0 spiro atoms. The van der Waals surface area contributed by atoms with Gasteiger partial charge in [-0.3, -0.25) is 10.1 Å². The van der Waals surface area contributed by atoms with Crippen molar-refractivity contribution in [3.63, 3.8) is 0 Å². The minimum atomic E-state index is -0.535. The molecule has 0 radical (unpaired) electrons. The maximum atomic E-state index is 11.6. The minimum absolute atomic E-state index is 0.0576. The molecule has 1 aliphatic rings. The number of anilines is 1. The van der Waals surface area contributed by atoms with E-state index in [-0.39, 0.29) is 23.8 Å². The van der Waals surface area contributed by atoms with Gasteiger partial charge in [0.25, 0.3) is 0 Å². The van der Waals surface area contributed by atoms with Gasteiger partial charge in [0.05, 0.1) is 11.1 Å². The first kappa shape index (κ1) is 17.3. The molecule has 2 amide bonds. The number of ether oxygens (including phenoxy) is 1. The zero-order valence-electron chi connectivity index (χ0n) is 13.1. The highest BCUT2D eigenvalue weighted by Gasteiger charge is 2.21. The largest absolute Gasteiger partial charge is 0.448 e. The third-order valence-corrected chi connectivity index (χ3v) is 3.96. The molecule has 23 heavy (non-hydrogen) atoms. The summed E-state index contributed by atoms with van der Waals surface area (Å²) in [5.41, 5.74) is 4.84. The summed E-state index contributed by atoms with van der Waals surface area (Å²) in [5, 5.41) is 6.56. The van der Waals surface area contributed by atoms with E-state index >= 15 is 0 Å². The van der Waals surface area contributed by atoms with Gasteiger partial charge >= 0.3 is 6.09 Å². The molecule has 0 aliphatic carbocycles. The fraction of sp³-hybridized carbons (Fsp3) is 0.438. The first-order valence-electron chi connectivity index (χ1n) is 7.54. The van der Waals surface area contributed by atoms with Crippen LogP contribution in [0.4, 0.5) is 10.5 Å². The molecular formula is C16H20ClN3O3. The van der Waals surface area contributed by atoms with Gasteiger partial charge in [0.1, 0.15) is 6.61 Å². The lowest BCUT2D eigenvalue weighted by Gasteiger charge is -2.19. The predicted molar refractivity (Wildman–Crippen MR) is 89.8 cm³/mol. The molecule has 2 N–H and O–H groups in total. The van der Waals surface area contributed by atoms with Gasteiger partial charge < -0.3 is 4.74 Å². The van der Waals surface area contributed by atoms with E-state index in [0.29, 0.717) is 12.1 Å². The number of amides is 2. The van der Waals surface area contributed by atoms with E-state index in [9.17, 15) is 9.59 Å². The van der Waals surface area contributed by atoms with Crippen molar-refractivity contribution in [2.24, 2.45) is 11.0 Å². The number of nitrogens with one attached hydrogen (secondary N) is 2. The smallest absolute Gasteiger partial charge is 0.411 e. The Morgan fingerprint density at radius 3 is 2.78 bits per heavy atom. The Hall–Kier alpha value is -2.08. The van der Waals surface area contributed by atoms with E-state index in [1.807, 2.05) is 26.0 Å². The van der Waals surface area contributed by atoms with E-state index in [1.54, 1.807) is 12.1 Å². The monoisotopic (exact) mass is 337 g/mol. The molecule has 2 unspecified atom stereocenters. The normalized spacial score (nSPS) is 18.7. The fourth-order valence-electron chi connectivity index (χ4n) is 2.16. The van der Waals surface area contributed by atoms with E-state index < -0.39 is 6.09 Å². The second kappa shape index (κ2) is 7.97. The summed E-state index contributed by atoms with van der Waals surface area (Å²) in [7, 11) is 0. The van der Waals surface area contributed by atoms with Gasteiger partial charge in [-0.15, -0.1) is 11.6 Å². The summed E-state index contributed by atoms with van der Waals surface area (Å²) < 4.78 is 5.02. The average molecular weight is 338 g/mol. The minimum Gasteiger partial charge on any atom is -0.448 e. The maximum Gasteiger partial charge on any atom is 0.411 e. The number of halogens is 1. The topological polar surface area (TPSA) is 79.8 Å². The Balaban J connectivity index is 1.94. The number of rotatable bonds is 5. The lowest BCUT2D eigenvalue weighted by atomic mass is 9.94. The van der Waals surface area contributed by atoms with E-state index in [0.717, 1.165) is 17.7 Å². The molecule has 1 aliphatic heterocycles.